The van der Waals surface area contributed by atoms with E-state index in [4.69, 9.17) is 18.9 Å². The molecule has 0 radical (unpaired) electrons. The number of hydrogen-bond acceptors (Lipinski definition) is 6. The molecule has 2 aliphatic rings. The predicted octanol–water partition coefficient (Wildman–Crippen LogP) is 0.525. The smallest absolute Gasteiger partial charge is 0.202 e. The molecule has 0 aromatic rings. The molecular weight excluding hydrogens is 252 g/mol. The molecule has 110 valence electrons. The first kappa shape index (κ1) is 14.6. The third-order valence-corrected chi connectivity index (χ3v) is 3.51. The van der Waals surface area contributed by atoms with Gasteiger partial charge in [0.25, 0.3) is 0 Å². The molecule has 0 spiro atoms. The van der Waals surface area contributed by atoms with Crippen LogP contribution >= 0.6 is 0 Å². The van der Waals surface area contributed by atoms with Crippen molar-refractivity contribution in [1.82, 2.24) is 0 Å². The lowest BCUT2D eigenvalue weighted by molar-refractivity contribution is -0.240. The highest BCUT2D eigenvalue weighted by atomic mass is 16.7. The van der Waals surface area contributed by atoms with Gasteiger partial charge in [0.2, 0.25) is 6.29 Å². The molecule has 2 aliphatic heterocycles. The summed E-state index contributed by atoms with van der Waals surface area (Å²) < 4.78 is 22.0. The van der Waals surface area contributed by atoms with E-state index < -0.39 is 24.6 Å². The number of rotatable bonds is 3. The summed E-state index contributed by atoms with van der Waals surface area (Å²) in [7, 11) is 1.61. The second-order valence-corrected chi connectivity index (χ2v) is 5.11. The van der Waals surface area contributed by atoms with Crippen LogP contribution in [-0.2, 0) is 18.9 Å². The molecular formula is C13H22O6. The Morgan fingerprint density at radius 3 is 2.63 bits per heavy atom. The lowest BCUT2D eigenvalue weighted by atomic mass is 10.0. The van der Waals surface area contributed by atoms with Gasteiger partial charge in [-0.3, -0.25) is 0 Å². The normalized spacial score (nSPS) is 43.3. The third-order valence-electron chi connectivity index (χ3n) is 3.51. The van der Waals surface area contributed by atoms with Gasteiger partial charge >= 0.3 is 0 Å². The van der Waals surface area contributed by atoms with Crippen molar-refractivity contribution in [2.45, 2.75) is 63.5 Å². The Hall–Kier alpha value is -0.820. The van der Waals surface area contributed by atoms with Gasteiger partial charge in [0.15, 0.2) is 5.76 Å². The molecule has 0 aromatic heterocycles. The van der Waals surface area contributed by atoms with Gasteiger partial charge in [-0.25, -0.2) is 0 Å². The molecule has 0 bridgehead atoms. The van der Waals surface area contributed by atoms with Gasteiger partial charge in [-0.05, 0) is 13.8 Å². The standard InChI is InChI=1S/C13H22O6/c1-7-4-10(16-3)11(6-17-7)19-12-5-9(14)13(15)8(2)18-12/h6-10,12-15H,4-5H2,1-3H3. The summed E-state index contributed by atoms with van der Waals surface area (Å²) >= 11 is 0. The number of hydrogen-bond donors (Lipinski definition) is 2. The summed E-state index contributed by atoms with van der Waals surface area (Å²) in [4.78, 5) is 0. The first-order valence-corrected chi connectivity index (χ1v) is 6.57. The van der Waals surface area contributed by atoms with Gasteiger partial charge in [0.1, 0.15) is 18.5 Å². The van der Waals surface area contributed by atoms with Crippen LogP contribution in [0, 0.1) is 0 Å². The van der Waals surface area contributed by atoms with Crippen LogP contribution < -0.4 is 0 Å². The SMILES string of the molecule is COC1CC(C)OC=C1OC1CC(O)C(O)C(C)O1. The lowest BCUT2D eigenvalue weighted by Crippen LogP contribution is -2.48. The fraction of sp³-hybridized carbons (Fsp3) is 0.846. The molecule has 6 nitrogen and oxygen atoms in total. The Morgan fingerprint density at radius 2 is 2.00 bits per heavy atom. The Kier molecular flexibility index (Phi) is 4.67. The van der Waals surface area contributed by atoms with Crippen molar-refractivity contribution in [1.29, 1.82) is 0 Å². The summed E-state index contributed by atoms with van der Waals surface area (Å²) in [6.07, 6.45) is -0.442. The second kappa shape index (κ2) is 6.09. The van der Waals surface area contributed by atoms with Crippen LogP contribution in [0.15, 0.2) is 12.0 Å². The van der Waals surface area contributed by atoms with Crippen LogP contribution in [0.2, 0.25) is 0 Å². The quantitative estimate of drug-likeness (QED) is 0.781. The average Bonchev–Trinajstić information content (AvgIpc) is 2.38. The highest BCUT2D eigenvalue weighted by molar-refractivity contribution is 5.02. The monoisotopic (exact) mass is 274 g/mol. The maximum Gasteiger partial charge on any atom is 0.202 e. The molecule has 19 heavy (non-hydrogen) atoms. The third kappa shape index (κ3) is 3.39. The van der Waals surface area contributed by atoms with Crippen molar-refractivity contribution in [3.63, 3.8) is 0 Å². The molecule has 2 N–H and O–H groups in total. The zero-order chi connectivity index (χ0) is 14.0. The summed E-state index contributed by atoms with van der Waals surface area (Å²) in [6, 6.07) is 0. The van der Waals surface area contributed by atoms with E-state index in [1.807, 2.05) is 6.92 Å². The zero-order valence-corrected chi connectivity index (χ0v) is 11.5. The molecule has 1 fully saturated rings. The van der Waals surface area contributed by atoms with E-state index in [0.717, 1.165) is 0 Å². The van der Waals surface area contributed by atoms with E-state index in [1.165, 1.54) is 6.26 Å². The summed E-state index contributed by atoms with van der Waals surface area (Å²) in [5.74, 6) is 0.557. The summed E-state index contributed by atoms with van der Waals surface area (Å²) in [6.45, 7) is 3.66. The molecule has 6 unspecified atom stereocenters. The molecule has 0 aromatic carbocycles. The van der Waals surface area contributed by atoms with Gasteiger partial charge < -0.3 is 29.2 Å². The number of aliphatic hydroxyl groups is 2. The topological polar surface area (TPSA) is 77.4 Å². The summed E-state index contributed by atoms with van der Waals surface area (Å²) in [5.41, 5.74) is 0. The van der Waals surface area contributed by atoms with Crippen LogP contribution in [0.4, 0.5) is 0 Å². The second-order valence-electron chi connectivity index (χ2n) is 5.11. The van der Waals surface area contributed by atoms with E-state index in [9.17, 15) is 10.2 Å². The fourth-order valence-electron chi connectivity index (χ4n) is 2.30. The highest BCUT2D eigenvalue weighted by Crippen LogP contribution is 2.27. The Bertz CT molecular complexity index is 319. The van der Waals surface area contributed by atoms with E-state index in [0.29, 0.717) is 12.2 Å². The Balaban J connectivity index is 1.97. The molecule has 0 aliphatic carbocycles. The van der Waals surface area contributed by atoms with Gasteiger partial charge in [0.05, 0.1) is 18.3 Å². The van der Waals surface area contributed by atoms with Crippen molar-refractivity contribution in [2.24, 2.45) is 0 Å². The highest BCUT2D eigenvalue weighted by Gasteiger charge is 2.37. The minimum absolute atomic E-state index is 0.0795. The molecule has 2 rings (SSSR count). The number of ether oxygens (including phenoxy) is 4. The van der Waals surface area contributed by atoms with Crippen molar-refractivity contribution < 1.29 is 29.2 Å². The first-order valence-electron chi connectivity index (χ1n) is 6.57. The molecule has 1 saturated heterocycles. The number of methoxy groups -OCH3 is 1. The van der Waals surface area contributed by atoms with Crippen LogP contribution in [0.5, 0.6) is 0 Å². The maximum atomic E-state index is 9.72. The van der Waals surface area contributed by atoms with Crippen LogP contribution in [0.25, 0.3) is 0 Å². The number of aliphatic hydroxyl groups excluding tert-OH is 2. The maximum absolute atomic E-state index is 9.72. The van der Waals surface area contributed by atoms with Gasteiger partial charge in [-0.1, -0.05) is 0 Å². The average molecular weight is 274 g/mol. The van der Waals surface area contributed by atoms with Crippen LogP contribution in [0.1, 0.15) is 26.7 Å². The lowest BCUT2D eigenvalue weighted by Gasteiger charge is -2.37. The molecule has 6 atom stereocenters. The molecule has 6 heteroatoms. The Morgan fingerprint density at radius 1 is 1.26 bits per heavy atom. The first-order chi connectivity index (χ1) is 9.01. The van der Waals surface area contributed by atoms with E-state index in [-0.39, 0.29) is 18.6 Å². The molecule has 0 amide bonds. The largest absolute Gasteiger partial charge is 0.495 e. The summed E-state index contributed by atoms with van der Waals surface area (Å²) in [5, 5.41) is 19.3. The van der Waals surface area contributed by atoms with Crippen molar-refractivity contribution in [2.75, 3.05) is 7.11 Å². The van der Waals surface area contributed by atoms with E-state index in [2.05, 4.69) is 0 Å². The molecule has 0 saturated carbocycles. The van der Waals surface area contributed by atoms with E-state index in [1.54, 1.807) is 14.0 Å². The van der Waals surface area contributed by atoms with Gasteiger partial charge in [-0.2, -0.15) is 0 Å². The van der Waals surface area contributed by atoms with Crippen LogP contribution in [0.3, 0.4) is 0 Å². The zero-order valence-electron chi connectivity index (χ0n) is 11.5. The van der Waals surface area contributed by atoms with E-state index >= 15 is 0 Å². The van der Waals surface area contributed by atoms with Crippen molar-refractivity contribution >= 4 is 0 Å². The van der Waals surface area contributed by atoms with Crippen molar-refractivity contribution in [3.8, 4) is 0 Å². The minimum Gasteiger partial charge on any atom is -0.495 e. The molecule has 2 heterocycles. The van der Waals surface area contributed by atoms with Crippen LogP contribution in [-0.4, -0.2) is 54.1 Å². The van der Waals surface area contributed by atoms with Gasteiger partial charge in [-0.15, -0.1) is 0 Å². The Labute approximate surface area is 112 Å². The van der Waals surface area contributed by atoms with Crippen molar-refractivity contribution in [3.05, 3.63) is 12.0 Å². The fourth-order valence-corrected chi connectivity index (χ4v) is 2.30. The van der Waals surface area contributed by atoms with Gasteiger partial charge in [0, 0.05) is 20.0 Å². The minimum atomic E-state index is -0.880. The predicted molar refractivity (Wildman–Crippen MR) is 66.1 cm³/mol.